The zero-order valence-electron chi connectivity index (χ0n) is 34.8. The summed E-state index contributed by atoms with van der Waals surface area (Å²) in [5.74, 6) is 0.742. The minimum absolute atomic E-state index is 0.0479. The first-order valence-electron chi connectivity index (χ1n) is 20.3. The van der Waals surface area contributed by atoms with E-state index in [0.717, 1.165) is 61.5 Å². The van der Waals surface area contributed by atoms with Crippen LogP contribution in [0.3, 0.4) is 0 Å². The number of rotatable bonds is 16. The van der Waals surface area contributed by atoms with Crippen molar-refractivity contribution in [1.29, 1.82) is 0 Å². The van der Waals surface area contributed by atoms with Crippen LogP contribution in [0, 0.1) is 10.1 Å². The van der Waals surface area contributed by atoms with Crippen molar-refractivity contribution in [3.63, 3.8) is 0 Å². The Kier molecular flexibility index (Phi) is 13.8. The number of aromatic nitrogens is 2. The monoisotopic (exact) mass is 878 g/mol. The van der Waals surface area contributed by atoms with Gasteiger partial charge in [0.05, 0.1) is 15.3 Å². The summed E-state index contributed by atoms with van der Waals surface area (Å²) in [5.41, 5.74) is 5.03. The standard InChI is InChI=1S/C46H51ClN8O4S2/c1-46(2,3)52(4)23-22-36(31-60-38-11-6-5-7-12-38)50-42-21-19-39(29-44(42)55(56)57)61(58,59)51-45-41-20-18-37(28-43(41)48-32-49-45)54-26-24-53(25-27-54)30-34-10-8-9-13-40(34)33-14-16-35(47)17-15-33/h5-21,28-29,32,36,50H,22-27,30-31H2,1-4H3,(H,48,49,51)/t36-/m1/s1. The van der Waals surface area contributed by atoms with Crippen LogP contribution in [0.1, 0.15) is 32.8 Å². The molecule has 0 aliphatic carbocycles. The maximum atomic E-state index is 13.8. The number of hydrogen-bond donors (Lipinski definition) is 2. The predicted molar refractivity (Wildman–Crippen MR) is 249 cm³/mol. The fraction of sp³-hybridized carbons (Fsp3) is 0.304. The van der Waals surface area contributed by atoms with Gasteiger partial charge >= 0.3 is 0 Å². The van der Waals surface area contributed by atoms with Gasteiger partial charge in [-0.15, -0.1) is 11.8 Å². The van der Waals surface area contributed by atoms with E-state index in [1.807, 2.05) is 60.7 Å². The third kappa shape index (κ3) is 11.2. The molecule has 0 radical (unpaired) electrons. The summed E-state index contributed by atoms with van der Waals surface area (Å²) in [4.78, 5) is 28.5. The number of fused-ring (bicyclic) bond motifs is 1. The Morgan fingerprint density at radius 1 is 0.902 bits per heavy atom. The molecule has 1 fully saturated rings. The molecule has 15 heteroatoms. The van der Waals surface area contributed by atoms with E-state index in [2.05, 4.69) is 98.9 Å². The number of hydrogen-bond acceptors (Lipinski definition) is 11. The lowest BCUT2D eigenvalue weighted by molar-refractivity contribution is -0.384. The fourth-order valence-corrected chi connectivity index (χ4v) is 9.42. The number of thioether (sulfide) groups is 1. The lowest BCUT2D eigenvalue weighted by Gasteiger charge is -2.36. The second-order valence-electron chi connectivity index (χ2n) is 16.2. The molecule has 0 saturated carbocycles. The highest BCUT2D eigenvalue weighted by atomic mass is 35.5. The largest absolute Gasteiger partial charge is 0.376 e. The molecule has 0 unspecified atom stereocenters. The molecule has 5 aromatic carbocycles. The van der Waals surface area contributed by atoms with E-state index in [1.54, 1.807) is 11.8 Å². The maximum Gasteiger partial charge on any atom is 0.293 e. The van der Waals surface area contributed by atoms with Crippen LogP contribution in [-0.4, -0.2) is 90.2 Å². The Bertz CT molecular complexity index is 2570. The lowest BCUT2D eigenvalue weighted by atomic mass is 9.99. The second-order valence-corrected chi connectivity index (χ2v) is 19.5. The van der Waals surface area contributed by atoms with E-state index < -0.39 is 14.9 Å². The summed E-state index contributed by atoms with van der Waals surface area (Å²) in [6.07, 6.45) is 2.03. The molecular formula is C46H51ClN8O4S2. The molecule has 0 bridgehead atoms. The van der Waals surface area contributed by atoms with Crippen molar-refractivity contribution in [3.05, 3.63) is 142 Å². The summed E-state index contributed by atoms with van der Waals surface area (Å²) in [6.45, 7) is 11.4. The Morgan fingerprint density at radius 2 is 1.62 bits per heavy atom. The van der Waals surface area contributed by atoms with Gasteiger partial charge in [0, 0.05) is 83.7 Å². The number of benzene rings is 5. The Balaban J connectivity index is 1.03. The van der Waals surface area contributed by atoms with E-state index in [4.69, 9.17) is 11.6 Å². The Morgan fingerprint density at radius 3 is 2.34 bits per heavy atom. The Labute approximate surface area is 367 Å². The highest BCUT2D eigenvalue weighted by Crippen LogP contribution is 2.33. The van der Waals surface area contributed by atoms with Crippen molar-refractivity contribution < 1.29 is 13.3 Å². The van der Waals surface area contributed by atoms with Crippen molar-refractivity contribution in [3.8, 4) is 11.1 Å². The molecule has 1 aromatic heterocycles. The summed E-state index contributed by atoms with van der Waals surface area (Å²) >= 11 is 7.81. The van der Waals surface area contributed by atoms with Gasteiger partial charge in [-0.2, -0.15) is 0 Å². The highest BCUT2D eigenvalue weighted by Gasteiger charge is 2.26. The van der Waals surface area contributed by atoms with Crippen LogP contribution in [0.25, 0.3) is 22.0 Å². The fourth-order valence-electron chi connectivity index (χ4n) is 7.25. The van der Waals surface area contributed by atoms with Crippen molar-refractivity contribution in [2.24, 2.45) is 0 Å². The molecule has 7 rings (SSSR count). The molecule has 0 amide bonds. The van der Waals surface area contributed by atoms with Crippen LogP contribution in [0.2, 0.25) is 5.02 Å². The van der Waals surface area contributed by atoms with Gasteiger partial charge in [0.1, 0.15) is 12.0 Å². The smallest absolute Gasteiger partial charge is 0.293 e. The van der Waals surface area contributed by atoms with E-state index >= 15 is 0 Å². The first kappa shape index (κ1) is 43.8. The summed E-state index contributed by atoms with van der Waals surface area (Å²) < 4.78 is 30.2. The number of anilines is 3. The summed E-state index contributed by atoms with van der Waals surface area (Å²) in [7, 11) is -2.22. The molecule has 1 aliphatic heterocycles. The van der Waals surface area contributed by atoms with Crippen molar-refractivity contribution in [2.75, 3.05) is 60.5 Å². The number of piperazine rings is 1. The van der Waals surface area contributed by atoms with E-state index in [-0.39, 0.29) is 33.7 Å². The number of nitro benzene ring substituents is 1. The van der Waals surface area contributed by atoms with E-state index in [0.29, 0.717) is 28.1 Å². The normalized spacial score (nSPS) is 14.3. The third-order valence-electron chi connectivity index (χ3n) is 11.1. The molecule has 2 N–H and O–H groups in total. The molecule has 6 aromatic rings. The van der Waals surface area contributed by atoms with Gasteiger partial charge < -0.3 is 15.1 Å². The van der Waals surface area contributed by atoms with Crippen LogP contribution >= 0.6 is 23.4 Å². The molecular weight excluding hydrogens is 828 g/mol. The number of nitrogens with one attached hydrogen (secondary N) is 2. The summed E-state index contributed by atoms with van der Waals surface area (Å²) in [5, 5.41) is 17.0. The number of nitrogens with zero attached hydrogens (tertiary/aromatic N) is 6. The van der Waals surface area contributed by atoms with Crippen LogP contribution in [-0.2, 0) is 16.6 Å². The number of sulfonamides is 1. The third-order valence-corrected chi connectivity index (χ3v) is 13.9. The van der Waals surface area contributed by atoms with Crippen LogP contribution < -0.4 is 14.9 Å². The predicted octanol–water partition coefficient (Wildman–Crippen LogP) is 9.67. The number of halogens is 1. The van der Waals surface area contributed by atoms with Gasteiger partial charge in [-0.25, -0.2) is 18.4 Å². The number of nitro groups is 1. The first-order valence-corrected chi connectivity index (χ1v) is 23.1. The minimum atomic E-state index is -4.28. The van der Waals surface area contributed by atoms with Gasteiger partial charge in [0.25, 0.3) is 15.7 Å². The van der Waals surface area contributed by atoms with Gasteiger partial charge in [-0.1, -0.05) is 66.2 Å². The molecule has 12 nitrogen and oxygen atoms in total. The molecule has 1 atom stereocenters. The molecule has 1 saturated heterocycles. The van der Waals surface area contributed by atoms with Gasteiger partial charge in [0.15, 0.2) is 5.82 Å². The topological polar surface area (TPSA) is 137 Å². The SMILES string of the molecule is CN(CC[C@H](CSc1ccccc1)Nc1ccc(S(=O)(=O)Nc2ncnc3cc(N4CCN(Cc5ccccc5-c5ccc(Cl)cc5)CC4)ccc23)cc1[N+](=O)[O-])C(C)(C)C. The zero-order valence-corrected chi connectivity index (χ0v) is 37.2. The molecule has 2 heterocycles. The van der Waals surface area contributed by atoms with Crippen LogP contribution in [0.4, 0.5) is 22.9 Å². The van der Waals surface area contributed by atoms with Crippen molar-refractivity contribution in [2.45, 2.75) is 55.1 Å². The van der Waals surface area contributed by atoms with Crippen molar-refractivity contribution >= 4 is 67.2 Å². The molecule has 61 heavy (non-hydrogen) atoms. The second kappa shape index (κ2) is 19.2. The maximum absolute atomic E-state index is 13.8. The minimum Gasteiger partial charge on any atom is -0.376 e. The van der Waals surface area contributed by atoms with E-state index in [9.17, 15) is 18.5 Å². The average molecular weight is 880 g/mol. The quantitative estimate of drug-likeness (QED) is 0.0546. The first-order chi connectivity index (χ1) is 29.2. The lowest BCUT2D eigenvalue weighted by Crippen LogP contribution is -2.46. The molecule has 1 aliphatic rings. The zero-order chi connectivity index (χ0) is 43.1. The average Bonchev–Trinajstić information content (AvgIpc) is 3.25. The van der Waals surface area contributed by atoms with Gasteiger partial charge in [0.2, 0.25) is 0 Å². The summed E-state index contributed by atoms with van der Waals surface area (Å²) in [6, 6.07) is 35.9. The van der Waals surface area contributed by atoms with Gasteiger partial charge in [-0.05, 0) is 106 Å². The van der Waals surface area contributed by atoms with Gasteiger partial charge in [-0.3, -0.25) is 19.7 Å². The van der Waals surface area contributed by atoms with Crippen LogP contribution in [0.5, 0.6) is 0 Å². The Hall–Kier alpha value is -5.25. The molecule has 318 valence electrons. The highest BCUT2D eigenvalue weighted by molar-refractivity contribution is 7.99. The van der Waals surface area contributed by atoms with Crippen LogP contribution in [0.15, 0.2) is 131 Å². The van der Waals surface area contributed by atoms with E-state index in [1.165, 1.54) is 29.6 Å². The molecule has 0 spiro atoms. The van der Waals surface area contributed by atoms with Crippen molar-refractivity contribution in [1.82, 2.24) is 19.8 Å².